The second-order valence-electron chi connectivity index (χ2n) is 5.17. The van der Waals surface area contributed by atoms with Crippen molar-refractivity contribution in [2.24, 2.45) is 5.73 Å². The first-order valence-corrected chi connectivity index (χ1v) is 7.88. The van der Waals surface area contributed by atoms with Gasteiger partial charge in [-0.25, -0.2) is 0 Å². The molecule has 2 heterocycles. The number of aromatic nitrogens is 1. The zero-order chi connectivity index (χ0) is 14.2. The largest absolute Gasteiger partial charge is 0.489 e. The molecule has 1 aromatic heterocycles. The molecule has 0 aliphatic carbocycles. The van der Waals surface area contributed by atoms with Crippen LogP contribution >= 0.6 is 11.8 Å². The van der Waals surface area contributed by atoms with Gasteiger partial charge < -0.3 is 15.0 Å². The second kappa shape index (κ2) is 5.13. The molecule has 0 spiro atoms. The van der Waals surface area contributed by atoms with Gasteiger partial charge in [0.05, 0.1) is 11.6 Å². The normalized spacial score (nSPS) is 16.9. The monoisotopic (exact) mass is 296 g/mol. The molecule has 3 nitrogen and oxygen atoms in total. The van der Waals surface area contributed by atoms with Gasteiger partial charge in [0, 0.05) is 27.9 Å². The van der Waals surface area contributed by atoms with Gasteiger partial charge in [-0.15, -0.1) is 0 Å². The van der Waals surface area contributed by atoms with Crippen LogP contribution in [0.4, 0.5) is 0 Å². The summed E-state index contributed by atoms with van der Waals surface area (Å²) >= 11 is 1.79. The zero-order valence-electron chi connectivity index (χ0n) is 11.5. The Hall–Kier alpha value is -1.91. The molecule has 4 heteroatoms. The highest BCUT2D eigenvalue weighted by Crippen LogP contribution is 2.41. The number of nitrogens with zero attached hydrogens (tertiary/aromatic N) is 1. The number of nitrogens with two attached hydrogens (primary N) is 1. The van der Waals surface area contributed by atoms with E-state index in [1.54, 1.807) is 11.8 Å². The Morgan fingerprint density at radius 3 is 2.81 bits per heavy atom. The summed E-state index contributed by atoms with van der Waals surface area (Å²) in [4.78, 5) is 2.49. The smallest absolute Gasteiger partial charge is 0.143 e. The fourth-order valence-electron chi connectivity index (χ4n) is 2.80. The quantitative estimate of drug-likeness (QED) is 0.801. The van der Waals surface area contributed by atoms with Crippen molar-refractivity contribution in [2.45, 2.75) is 15.8 Å². The van der Waals surface area contributed by atoms with Crippen LogP contribution in [0.5, 0.6) is 5.75 Å². The van der Waals surface area contributed by atoms with E-state index in [2.05, 4.69) is 47.2 Å². The minimum absolute atomic E-state index is 0.215. The molecule has 0 bridgehead atoms. The van der Waals surface area contributed by atoms with E-state index in [9.17, 15) is 0 Å². The molecule has 1 aliphatic rings. The Morgan fingerprint density at radius 2 is 2.00 bits per heavy atom. The Balaban J connectivity index is 1.86. The molecule has 21 heavy (non-hydrogen) atoms. The van der Waals surface area contributed by atoms with Gasteiger partial charge in [0.2, 0.25) is 0 Å². The second-order valence-corrected chi connectivity index (χ2v) is 6.28. The SMILES string of the molecule is NCC1COc2cccc3c(Sc4ccccc4)cn1c23. The van der Waals surface area contributed by atoms with Gasteiger partial charge >= 0.3 is 0 Å². The van der Waals surface area contributed by atoms with Gasteiger partial charge in [-0.3, -0.25) is 0 Å². The van der Waals surface area contributed by atoms with Crippen molar-refractivity contribution in [2.75, 3.05) is 13.2 Å². The van der Waals surface area contributed by atoms with E-state index in [1.807, 2.05) is 12.1 Å². The Bertz CT molecular complexity index is 782. The Kier molecular flexibility index (Phi) is 3.13. The molecule has 0 saturated heterocycles. The van der Waals surface area contributed by atoms with Crippen molar-refractivity contribution < 1.29 is 4.74 Å². The highest BCUT2D eigenvalue weighted by atomic mass is 32.2. The van der Waals surface area contributed by atoms with Gasteiger partial charge in [0.15, 0.2) is 0 Å². The van der Waals surface area contributed by atoms with Gasteiger partial charge in [-0.05, 0) is 18.2 Å². The average Bonchev–Trinajstić information content (AvgIpc) is 2.90. The molecule has 106 valence electrons. The molecule has 1 unspecified atom stereocenters. The lowest BCUT2D eigenvalue weighted by Gasteiger charge is -2.25. The summed E-state index contributed by atoms with van der Waals surface area (Å²) in [5.41, 5.74) is 7.05. The van der Waals surface area contributed by atoms with E-state index in [-0.39, 0.29) is 6.04 Å². The first-order valence-electron chi connectivity index (χ1n) is 7.06. The molecule has 2 N–H and O–H groups in total. The molecule has 3 aromatic rings. The minimum Gasteiger partial charge on any atom is -0.489 e. The van der Waals surface area contributed by atoms with Crippen LogP contribution in [0.1, 0.15) is 6.04 Å². The van der Waals surface area contributed by atoms with Crippen LogP contribution in [-0.2, 0) is 0 Å². The van der Waals surface area contributed by atoms with Crippen LogP contribution in [0.2, 0.25) is 0 Å². The first kappa shape index (κ1) is 12.8. The van der Waals surface area contributed by atoms with Gasteiger partial charge in [0.1, 0.15) is 12.4 Å². The fraction of sp³-hybridized carbons (Fsp3) is 0.176. The topological polar surface area (TPSA) is 40.2 Å². The van der Waals surface area contributed by atoms with E-state index < -0.39 is 0 Å². The predicted molar refractivity (Wildman–Crippen MR) is 86.1 cm³/mol. The summed E-state index contributed by atoms with van der Waals surface area (Å²) in [6.07, 6.45) is 2.21. The lowest BCUT2D eigenvalue weighted by molar-refractivity contribution is 0.241. The van der Waals surface area contributed by atoms with E-state index in [0.29, 0.717) is 13.2 Å². The maximum Gasteiger partial charge on any atom is 0.143 e. The third-order valence-corrected chi connectivity index (χ3v) is 4.90. The van der Waals surface area contributed by atoms with Gasteiger partial charge in [-0.1, -0.05) is 42.1 Å². The zero-order valence-corrected chi connectivity index (χ0v) is 12.3. The third-order valence-electron chi connectivity index (χ3n) is 3.85. The molecule has 0 saturated carbocycles. The molecule has 1 aliphatic heterocycles. The number of para-hydroxylation sites is 1. The standard InChI is InChI=1S/C17H16N2OS/c18-9-12-11-20-15-8-4-7-14-16(10-19(12)17(14)15)21-13-5-2-1-3-6-13/h1-8,10,12H,9,11,18H2. The average molecular weight is 296 g/mol. The lowest BCUT2D eigenvalue weighted by atomic mass is 10.2. The number of rotatable bonds is 3. The van der Waals surface area contributed by atoms with Gasteiger partial charge in [0.25, 0.3) is 0 Å². The lowest BCUT2D eigenvalue weighted by Crippen LogP contribution is -2.27. The van der Waals surface area contributed by atoms with Crippen molar-refractivity contribution in [3.63, 3.8) is 0 Å². The maximum atomic E-state index is 5.89. The third kappa shape index (κ3) is 2.11. The van der Waals surface area contributed by atoms with Crippen molar-refractivity contribution in [1.29, 1.82) is 0 Å². The van der Waals surface area contributed by atoms with Crippen molar-refractivity contribution in [3.8, 4) is 5.75 Å². The summed E-state index contributed by atoms with van der Waals surface area (Å²) in [5.74, 6) is 0.956. The van der Waals surface area contributed by atoms with E-state index in [1.165, 1.54) is 15.2 Å². The number of hydrogen-bond donors (Lipinski definition) is 1. The van der Waals surface area contributed by atoms with Crippen molar-refractivity contribution >= 4 is 22.7 Å². The van der Waals surface area contributed by atoms with Crippen LogP contribution in [0.3, 0.4) is 0 Å². The summed E-state index contributed by atoms with van der Waals surface area (Å²) in [5, 5.41) is 1.24. The van der Waals surface area contributed by atoms with Crippen molar-refractivity contribution in [3.05, 3.63) is 54.7 Å². The summed E-state index contributed by atoms with van der Waals surface area (Å²) in [7, 11) is 0. The van der Waals surface area contributed by atoms with Crippen LogP contribution in [0.15, 0.2) is 64.5 Å². The Labute approximate surface area is 127 Å². The van der Waals surface area contributed by atoms with Gasteiger partial charge in [-0.2, -0.15) is 0 Å². The van der Waals surface area contributed by atoms with E-state index in [0.717, 1.165) is 11.3 Å². The van der Waals surface area contributed by atoms with Crippen LogP contribution in [0.25, 0.3) is 10.9 Å². The molecular formula is C17H16N2OS. The molecule has 0 amide bonds. The number of ether oxygens (including phenoxy) is 1. The maximum absolute atomic E-state index is 5.89. The predicted octanol–water partition coefficient (Wildman–Crippen LogP) is 3.68. The van der Waals surface area contributed by atoms with E-state index >= 15 is 0 Å². The van der Waals surface area contributed by atoms with Crippen LogP contribution < -0.4 is 10.5 Å². The molecule has 1 atom stereocenters. The molecule has 2 aromatic carbocycles. The van der Waals surface area contributed by atoms with Crippen LogP contribution in [0, 0.1) is 0 Å². The highest BCUT2D eigenvalue weighted by molar-refractivity contribution is 7.99. The Morgan fingerprint density at radius 1 is 1.14 bits per heavy atom. The van der Waals surface area contributed by atoms with Crippen LogP contribution in [-0.4, -0.2) is 17.7 Å². The summed E-state index contributed by atoms with van der Waals surface area (Å²) in [6.45, 7) is 1.24. The molecule has 0 radical (unpaired) electrons. The summed E-state index contributed by atoms with van der Waals surface area (Å²) < 4.78 is 8.13. The van der Waals surface area contributed by atoms with E-state index in [4.69, 9.17) is 10.5 Å². The fourth-order valence-corrected chi connectivity index (χ4v) is 3.79. The highest BCUT2D eigenvalue weighted by Gasteiger charge is 2.23. The summed E-state index contributed by atoms with van der Waals surface area (Å²) in [6, 6.07) is 16.9. The molecular weight excluding hydrogens is 280 g/mol. The first-order chi connectivity index (χ1) is 10.4. The van der Waals surface area contributed by atoms with Crippen molar-refractivity contribution in [1.82, 2.24) is 4.57 Å². The molecule has 4 rings (SSSR count). The number of hydrogen-bond acceptors (Lipinski definition) is 3. The molecule has 0 fully saturated rings. The number of benzene rings is 2. The minimum atomic E-state index is 0.215.